The number of nitrogens with zero attached hydrogens (tertiary/aromatic N) is 1. The summed E-state index contributed by atoms with van der Waals surface area (Å²) >= 11 is 0. The number of nitrogens with one attached hydrogen (secondary N) is 1. The van der Waals surface area contributed by atoms with Gasteiger partial charge in [-0.15, -0.1) is 0 Å². The van der Waals surface area contributed by atoms with Crippen molar-refractivity contribution >= 4 is 11.6 Å². The van der Waals surface area contributed by atoms with Crippen molar-refractivity contribution in [1.82, 2.24) is 4.90 Å². The molecule has 0 aliphatic carbocycles. The Kier molecular flexibility index (Phi) is 6.10. The lowest BCUT2D eigenvalue weighted by atomic mass is 9.94. The molecule has 0 saturated carbocycles. The van der Waals surface area contributed by atoms with Gasteiger partial charge in [0.25, 0.3) is 0 Å². The van der Waals surface area contributed by atoms with Gasteiger partial charge >= 0.3 is 0 Å². The Morgan fingerprint density at radius 3 is 2.42 bits per heavy atom. The van der Waals surface area contributed by atoms with Crippen molar-refractivity contribution in [3.05, 3.63) is 65.2 Å². The highest BCUT2D eigenvalue weighted by Crippen LogP contribution is 2.29. The third-order valence-corrected chi connectivity index (χ3v) is 5.38. The maximum atomic E-state index is 12.8. The van der Waals surface area contributed by atoms with Crippen molar-refractivity contribution in [1.29, 1.82) is 0 Å². The molecule has 1 aliphatic rings. The summed E-state index contributed by atoms with van der Waals surface area (Å²) in [6, 6.07) is 16.8. The standard InChI is InChI=1S/C23H30N2O/c1-17(2)21-11-7-8-18(3)22(21)24-23(26)20-12-14-25(15-13-20)16-19-9-5-4-6-10-19/h4-11,17,20H,12-16H2,1-3H3,(H,24,26). The number of carbonyl (C=O) groups is 1. The number of amides is 1. The van der Waals surface area contributed by atoms with E-state index in [9.17, 15) is 4.79 Å². The first kappa shape index (κ1) is 18.7. The Labute approximate surface area is 157 Å². The van der Waals surface area contributed by atoms with Gasteiger partial charge in [0.2, 0.25) is 5.91 Å². The van der Waals surface area contributed by atoms with E-state index in [0.717, 1.165) is 43.7 Å². The predicted octanol–water partition coefficient (Wildman–Crippen LogP) is 4.97. The van der Waals surface area contributed by atoms with E-state index >= 15 is 0 Å². The number of aryl methyl sites for hydroxylation is 1. The third kappa shape index (κ3) is 4.53. The van der Waals surface area contributed by atoms with E-state index in [1.807, 2.05) is 0 Å². The molecule has 1 heterocycles. The molecule has 0 unspecified atom stereocenters. The van der Waals surface area contributed by atoms with Crippen LogP contribution in [-0.2, 0) is 11.3 Å². The Balaban J connectivity index is 1.58. The Morgan fingerprint density at radius 1 is 1.08 bits per heavy atom. The Hall–Kier alpha value is -2.13. The Morgan fingerprint density at radius 2 is 1.77 bits per heavy atom. The number of carbonyl (C=O) groups excluding carboxylic acids is 1. The predicted molar refractivity (Wildman–Crippen MR) is 108 cm³/mol. The summed E-state index contributed by atoms with van der Waals surface area (Å²) in [7, 11) is 0. The average molecular weight is 351 g/mol. The quantitative estimate of drug-likeness (QED) is 0.826. The van der Waals surface area contributed by atoms with Crippen molar-refractivity contribution in [3.8, 4) is 0 Å². The SMILES string of the molecule is Cc1cccc(C(C)C)c1NC(=O)C1CCN(Cc2ccccc2)CC1. The minimum absolute atomic E-state index is 0.113. The second-order valence-electron chi connectivity index (χ2n) is 7.72. The lowest BCUT2D eigenvalue weighted by Gasteiger charge is -2.31. The fourth-order valence-corrected chi connectivity index (χ4v) is 3.76. The van der Waals surface area contributed by atoms with Gasteiger partial charge in [-0.05, 0) is 55.5 Å². The number of piperidine rings is 1. The molecule has 26 heavy (non-hydrogen) atoms. The summed E-state index contributed by atoms with van der Waals surface area (Å²) in [6.07, 6.45) is 1.86. The van der Waals surface area contributed by atoms with Crippen LogP contribution in [0.5, 0.6) is 0 Å². The van der Waals surface area contributed by atoms with E-state index < -0.39 is 0 Å². The first-order valence-electron chi connectivity index (χ1n) is 9.71. The molecule has 0 bridgehead atoms. The summed E-state index contributed by atoms with van der Waals surface area (Å²) in [6.45, 7) is 9.36. The first-order chi connectivity index (χ1) is 12.5. The molecule has 0 spiro atoms. The van der Waals surface area contributed by atoms with Crippen molar-refractivity contribution in [3.63, 3.8) is 0 Å². The molecule has 3 rings (SSSR count). The highest BCUT2D eigenvalue weighted by molar-refractivity contribution is 5.94. The van der Waals surface area contributed by atoms with Crippen molar-refractivity contribution in [2.45, 2.75) is 46.1 Å². The smallest absolute Gasteiger partial charge is 0.227 e. The summed E-state index contributed by atoms with van der Waals surface area (Å²) in [5.41, 5.74) is 4.72. The van der Waals surface area contributed by atoms with Crippen LogP contribution in [0.3, 0.4) is 0 Å². The molecule has 2 aromatic rings. The van der Waals surface area contributed by atoms with Crippen LogP contribution in [0.1, 0.15) is 49.3 Å². The fraction of sp³-hybridized carbons (Fsp3) is 0.435. The number of hydrogen-bond acceptors (Lipinski definition) is 2. The highest BCUT2D eigenvalue weighted by atomic mass is 16.1. The molecule has 2 aromatic carbocycles. The zero-order chi connectivity index (χ0) is 18.5. The van der Waals surface area contributed by atoms with Gasteiger partial charge in [-0.25, -0.2) is 0 Å². The monoisotopic (exact) mass is 350 g/mol. The van der Waals surface area contributed by atoms with Gasteiger partial charge in [-0.2, -0.15) is 0 Å². The van der Waals surface area contributed by atoms with E-state index in [-0.39, 0.29) is 11.8 Å². The van der Waals surface area contributed by atoms with Gasteiger partial charge in [0.1, 0.15) is 0 Å². The number of anilines is 1. The number of benzene rings is 2. The van der Waals surface area contributed by atoms with Crippen LogP contribution in [0.25, 0.3) is 0 Å². The fourth-order valence-electron chi connectivity index (χ4n) is 3.76. The van der Waals surface area contributed by atoms with Gasteiger partial charge in [-0.1, -0.05) is 62.4 Å². The van der Waals surface area contributed by atoms with E-state index in [2.05, 4.69) is 79.5 Å². The van der Waals surface area contributed by atoms with Gasteiger partial charge < -0.3 is 5.32 Å². The molecular weight excluding hydrogens is 320 g/mol. The van der Waals surface area contributed by atoms with E-state index in [0.29, 0.717) is 5.92 Å². The summed E-state index contributed by atoms with van der Waals surface area (Å²) < 4.78 is 0. The Bertz CT molecular complexity index is 731. The summed E-state index contributed by atoms with van der Waals surface area (Å²) in [5.74, 6) is 0.695. The molecule has 138 valence electrons. The lowest BCUT2D eigenvalue weighted by molar-refractivity contribution is -0.121. The van der Waals surface area contributed by atoms with Gasteiger partial charge in [-0.3, -0.25) is 9.69 Å². The number of para-hydroxylation sites is 1. The topological polar surface area (TPSA) is 32.3 Å². The average Bonchev–Trinajstić information content (AvgIpc) is 2.64. The second-order valence-corrected chi connectivity index (χ2v) is 7.72. The zero-order valence-electron chi connectivity index (χ0n) is 16.2. The van der Waals surface area contributed by atoms with E-state index in [4.69, 9.17) is 0 Å². The van der Waals surface area contributed by atoms with Crippen molar-refractivity contribution in [2.24, 2.45) is 5.92 Å². The van der Waals surface area contributed by atoms with Crippen LogP contribution in [0.4, 0.5) is 5.69 Å². The third-order valence-electron chi connectivity index (χ3n) is 5.38. The van der Waals surface area contributed by atoms with Crippen molar-refractivity contribution in [2.75, 3.05) is 18.4 Å². The molecule has 1 N–H and O–H groups in total. The van der Waals surface area contributed by atoms with Crippen LogP contribution in [-0.4, -0.2) is 23.9 Å². The van der Waals surface area contributed by atoms with Crippen LogP contribution >= 0.6 is 0 Å². The summed E-state index contributed by atoms with van der Waals surface area (Å²) in [4.78, 5) is 15.3. The van der Waals surface area contributed by atoms with Crippen LogP contribution in [0.15, 0.2) is 48.5 Å². The summed E-state index contributed by atoms with van der Waals surface area (Å²) in [5, 5.41) is 3.24. The molecule has 0 atom stereocenters. The molecule has 1 saturated heterocycles. The molecule has 3 nitrogen and oxygen atoms in total. The molecule has 0 radical (unpaired) electrons. The minimum Gasteiger partial charge on any atom is -0.325 e. The van der Waals surface area contributed by atoms with Crippen LogP contribution in [0.2, 0.25) is 0 Å². The highest BCUT2D eigenvalue weighted by Gasteiger charge is 2.26. The maximum Gasteiger partial charge on any atom is 0.227 e. The maximum absolute atomic E-state index is 12.8. The second kappa shape index (κ2) is 8.50. The molecule has 1 amide bonds. The van der Waals surface area contributed by atoms with E-state index in [1.54, 1.807) is 0 Å². The molecule has 0 aromatic heterocycles. The van der Waals surface area contributed by atoms with Gasteiger partial charge in [0.05, 0.1) is 0 Å². The normalized spacial score (nSPS) is 16.0. The molecular formula is C23H30N2O. The lowest BCUT2D eigenvalue weighted by Crippen LogP contribution is -2.38. The largest absolute Gasteiger partial charge is 0.325 e. The molecule has 3 heteroatoms. The number of rotatable bonds is 5. The first-order valence-corrected chi connectivity index (χ1v) is 9.71. The van der Waals surface area contributed by atoms with Crippen LogP contribution in [0, 0.1) is 12.8 Å². The molecule has 1 fully saturated rings. The molecule has 1 aliphatic heterocycles. The zero-order valence-corrected chi connectivity index (χ0v) is 16.2. The van der Waals surface area contributed by atoms with Gasteiger partial charge in [0.15, 0.2) is 0 Å². The minimum atomic E-state index is 0.113. The number of likely N-dealkylation sites (tertiary alicyclic amines) is 1. The van der Waals surface area contributed by atoms with Crippen molar-refractivity contribution < 1.29 is 4.79 Å². The van der Waals surface area contributed by atoms with Gasteiger partial charge in [0, 0.05) is 18.2 Å². The van der Waals surface area contributed by atoms with E-state index in [1.165, 1.54) is 11.1 Å². The number of hydrogen-bond donors (Lipinski definition) is 1. The van der Waals surface area contributed by atoms with Crippen LogP contribution < -0.4 is 5.32 Å².